The lowest BCUT2D eigenvalue weighted by molar-refractivity contribution is 0.0974. The van der Waals surface area contributed by atoms with E-state index in [-0.39, 0.29) is 87.7 Å². The number of anilines is 4. The Kier molecular flexibility index (Phi) is 34.6. The Bertz CT molecular complexity index is 7360. The van der Waals surface area contributed by atoms with E-state index in [2.05, 4.69) is 116 Å². The van der Waals surface area contributed by atoms with Crippen molar-refractivity contribution in [3.8, 4) is 67.5 Å². The van der Waals surface area contributed by atoms with Gasteiger partial charge in [0.15, 0.2) is 34.7 Å². The van der Waals surface area contributed by atoms with Crippen molar-refractivity contribution < 1.29 is 66.9 Å². The Balaban J connectivity index is 0.000000200. The van der Waals surface area contributed by atoms with Gasteiger partial charge in [-0.05, 0) is 80.1 Å². The van der Waals surface area contributed by atoms with Crippen molar-refractivity contribution in [2.45, 2.75) is 190 Å². The molecule has 6 aliphatic rings. The van der Waals surface area contributed by atoms with Crippen LogP contribution in [0.4, 0.5) is 23.3 Å². The lowest BCUT2D eigenvalue weighted by Gasteiger charge is -2.03. The van der Waals surface area contributed by atoms with Gasteiger partial charge in [-0.2, -0.15) is 0 Å². The number of aryl methyl sites for hydroxylation is 12. The molecule has 24 rings (SSSR count). The molecule has 0 bridgehead atoms. The highest BCUT2D eigenvalue weighted by Gasteiger charge is 2.39. The molecule has 46 heteroatoms. The van der Waals surface area contributed by atoms with Gasteiger partial charge in [-0.3, -0.25) is 28.8 Å². The number of aromatic amines is 3. The van der Waals surface area contributed by atoms with Crippen molar-refractivity contribution in [3.63, 3.8) is 0 Å². The number of halogens is 2. The second-order valence-electron chi connectivity index (χ2n) is 30.4. The van der Waals surface area contributed by atoms with Gasteiger partial charge in [0, 0.05) is 141 Å². The van der Waals surface area contributed by atoms with Gasteiger partial charge < -0.3 is 101 Å². The summed E-state index contributed by atoms with van der Waals surface area (Å²) in [7, 11) is 9.40. The maximum atomic E-state index is 12.4. The lowest BCUT2D eigenvalue weighted by atomic mass is 10.0. The maximum absolute atomic E-state index is 12.4. The van der Waals surface area contributed by atoms with Crippen LogP contribution in [0.25, 0.3) is 134 Å². The molecule has 0 atom stereocenters. The topological polar surface area (TPSA) is 685 Å². The summed E-state index contributed by atoms with van der Waals surface area (Å²) >= 11 is 12.4. The van der Waals surface area contributed by atoms with E-state index in [0.717, 1.165) is 117 Å². The van der Waals surface area contributed by atoms with Crippen molar-refractivity contribution >= 4 is 147 Å². The number of fused-ring (bicyclic) bond motifs is 30. The normalized spacial score (nSPS) is 12.8. The summed E-state index contributed by atoms with van der Waals surface area (Å²) in [6, 6.07) is 0. The van der Waals surface area contributed by atoms with E-state index in [4.69, 9.17) is 61.8 Å². The van der Waals surface area contributed by atoms with Gasteiger partial charge in [0.25, 0.3) is 0 Å². The molecule has 18 heterocycles. The van der Waals surface area contributed by atoms with Crippen LogP contribution < -0.4 is 34.4 Å². The molecular formula is C93H116Cl2N30O14. The van der Waals surface area contributed by atoms with Crippen LogP contribution in [0.1, 0.15) is 241 Å². The molecule has 0 saturated heterocycles. The third-order valence-electron chi connectivity index (χ3n) is 23.6. The van der Waals surface area contributed by atoms with Crippen LogP contribution in [0.5, 0.6) is 0 Å². The number of nitrogens with zero attached hydrogens (tertiary/aromatic N) is 21. The Labute approximate surface area is 806 Å². The highest BCUT2D eigenvalue weighted by Crippen LogP contribution is 2.48. The molecule has 0 radical (unpaired) electrons. The summed E-state index contributed by atoms with van der Waals surface area (Å²) in [6.45, 7) is 22.5. The van der Waals surface area contributed by atoms with Gasteiger partial charge >= 0.3 is 0 Å². The minimum absolute atomic E-state index is 0. The molecule has 139 heavy (non-hydrogen) atoms. The smallest absolute Gasteiger partial charge is 0.169 e. The average molecular weight is 1950 g/mol. The first-order chi connectivity index (χ1) is 63.3. The van der Waals surface area contributed by atoms with E-state index in [1.165, 1.54) is 38.0 Å². The van der Waals surface area contributed by atoms with Crippen LogP contribution in [0.2, 0.25) is 10.3 Å². The number of nitrogens with two attached hydrogens (primary N) is 2. The van der Waals surface area contributed by atoms with Crippen molar-refractivity contribution in [2.75, 3.05) is 36.2 Å². The molecule has 18 aromatic rings. The molecule has 736 valence electrons. The molecule has 0 amide bonds. The zero-order valence-corrected chi connectivity index (χ0v) is 78.6. The third-order valence-corrected chi connectivity index (χ3v) is 24.1. The van der Waals surface area contributed by atoms with Crippen molar-refractivity contribution in [1.82, 2.24) is 132 Å². The van der Waals surface area contributed by atoms with Crippen LogP contribution >= 0.6 is 23.2 Å². The molecule has 19 N–H and O–H groups in total. The first-order valence-corrected chi connectivity index (χ1v) is 43.3. The zero-order chi connectivity index (χ0) is 93.1. The molecule has 0 unspecified atom stereocenters. The number of hydrogen-bond acceptors (Lipinski definition) is 36. The van der Waals surface area contributed by atoms with Gasteiger partial charge in [0.05, 0.1) is 65.7 Å². The quantitative estimate of drug-likeness (QED) is 0.0726. The summed E-state index contributed by atoms with van der Waals surface area (Å²) in [5.74, 6) is 5.72. The Morgan fingerprint density at radius 3 is 0.899 bits per heavy atom. The highest BCUT2D eigenvalue weighted by molar-refractivity contribution is 6.36. The number of nitrogen functional groups attached to an aromatic ring is 2. The van der Waals surface area contributed by atoms with Gasteiger partial charge in [-0.1, -0.05) is 125 Å². The Morgan fingerprint density at radius 1 is 0.302 bits per heavy atom. The molecule has 44 nitrogen and oxygen atoms in total. The molecule has 0 aliphatic heterocycles. The number of ketones is 6. The molecule has 0 fully saturated rings. The Hall–Kier alpha value is -15.4. The van der Waals surface area contributed by atoms with Crippen LogP contribution in [-0.4, -0.2) is 179 Å². The highest BCUT2D eigenvalue weighted by atomic mass is 35.5. The van der Waals surface area contributed by atoms with Gasteiger partial charge in [0.1, 0.15) is 174 Å². The third kappa shape index (κ3) is 18.3. The lowest BCUT2D eigenvalue weighted by Crippen LogP contribution is -2.03. The number of carbonyl (C=O) groups is 6. The van der Waals surface area contributed by atoms with Crippen molar-refractivity contribution in [3.05, 3.63) is 150 Å². The van der Waals surface area contributed by atoms with E-state index in [1.54, 1.807) is 48.6 Å². The molecule has 0 saturated carbocycles. The largest absolute Gasteiger partial charge is 0.412 e. The van der Waals surface area contributed by atoms with E-state index < -0.39 is 0 Å². The van der Waals surface area contributed by atoms with Crippen molar-refractivity contribution in [2.24, 2.45) is 21.1 Å². The number of carbonyl (C=O) groups excluding carboxylic acids is 6. The average Bonchev–Trinajstić information content (AvgIpc) is 1.60. The monoisotopic (exact) mass is 1950 g/mol. The zero-order valence-electron chi connectivity index (χ0n) is 77.1. The van der Waals surface area contributed by atoms with Gasteiger partial charge in [-0.25, -0.2) is 59.8 Å². The number of Topliss-reactive ketones (excluding diaryl/α,β-unsaturated/α-hetero) is 6. The summed E-state index contributed by atoms with van der Waals surface area (Å²) in [5, 5.41) is 36.0. The van der Waals surface area contributed by atoms with Crippen LogP contribution in [0.15, 0.2) is 65.1 Å². The predicted octanol–water partition coefficient (Wildman–Crippen LogP) is 17.2. The minimum Gasteiger partial charge on any atom is -0.412 e. The van der Waals surface area contributed by atoms with Crippen LogP contribution in [0.3, 0.4) is 0 Å². The summed E-state index contributed by atoms with van der Waals surface area (Å²) in [6.07, 6.45) is 14.9. The second-order valence-corrected chi connectivity index (χ2v) is 31.2. The molecule has 0 aromatic carbocycles. The summed E-state index contributed by atoms with van der Waals surface area (Å²) in [4.78, 5) is 134. The molecule has 6 aliphatic carbocycles. The molecule has 18 aromatic heterocycles. The summed E-state index contributed by atoms with van der Waals surface area (Å²) in [5.41, 5.74) is 33.7. The van der Waals surface area contributed by atoms with Gasteiger partial charge in [0.2, 0.25) is 0 Å². The molecule has 0 spiro atoms. The van der Waals surface area contributed by atoms with E-state index in [1.807, 2.05) is 83.4 Å². The number of H-pyrrole nitrogens is 3. The van der Waals surface area contributed by atoms with E-state index in [9.17, 15) is 28.8 Å². The fourth-order valence-corrected chi connectivity index (χ4v) is 18.3. The fraction of sp³-hybridized carbons (Fsp3) is 0.355. The van der Waals surface area contributed by atoms with E-state index in [0.29, 0.717) is 229 Å². The first kappa shape index (κ1) is 109. The second kappa shape index (κ2) is 44.2. The Morgan fingerprint density at radius 2 is 0.540 bits per heavy atom. The SMILES string of the molecule is C.C.C.C.CC.CC.CC.CNc1ncnc2[nH]c3c(c12)-c1noc(C)c1C(=O)CC3.CNc1ncnc2c1c1c(n2C)CCC(=O)c2c-1noc2C.Cc1onc2c1C(=O)CCc1[nH]c3ncnc(Cl)c3c1-2.Cc1onc2c1C(=O)CCc1[nH]c3ncnc(N)c3c1-2.Cc1onc2c1C(=O)CCc1c-2c2c(Cl)ncnc2n1C.Cc1onc2c1C(=O)CCc1c-2c2c(N)ncnc2n1C.N.N.O.O. The molecular weight excluding hydrogens is 1830 g/mol. The van der Waals surface area contributed by atoms with Crippen molar-refractivity contribution in [1.29, 1.82) is 0 Å². The minimum atomic E-state index is 0. The number of nitrogens with one attached hydrogen (secondary N) is 5. The van der Waals surface area contributed by atoms with Crippen LogP contribution in [0, 0.1) is 41.5 Å². The maximum Gasteiger partial charge on any atom is 0.169 e. The standard InChI is InChI=1S/C15H15N5O2.C14H11ClN4O2.2C14H13N5O2.C13H9ClN4O2.C13H11N5O2.3C2H6.4CH4.2H3N.2H2O/c1-7-10-9(21)5-4-8-11(13(10)19-22-7)12-14(16-2)17-6-18-15(12)20(8)3;2*1-6-9-8(20)4-3-7-10(12(9)18-21-6)11-13(15)16-5-17-14(11)19(7)2;1-6-9-8(20)4-3-7-10(12(9)19-21-6)11-13(15-2)16-5-17-14(11)18-7;2*1-5-8-7(19)3-2-6-9(11(8)18-20-5)10-12(14)15-4-16-13(10)17-6;3*1-2;;;;;;;;/h6H,4-5H2,1-3H3,(H,16,17,18);5H,3-4H2,1-2H3;5H,3-4H2,1-2H3,(H2,15,16,17);5H,3-4H2,1-2H3,(H2,15,16,17,18);4H,2-3H2,1H3,(H,15,16,17);4H,2-3H2,1H3,(H3,14,15,16,17);3*1-2H3;4*1H4;2*1H3;2*1H2. The predicted molar refractivity (Wildman–Crippen MR) is 531 cm³/mol. The van der Waals surface area contributed by atoms with Gasteiger partial charge in [-0.15, -0.1) is 0 Å². The number of aromatic nitrogens is 24. The van der Waals surface area contributed by atoms with Crippen LogP contribution in [-0.2, 0) is 59.7 Å². The number of hydrogen-bond donors (Lipinski definition) is 9. The summed E-state index contributed by atoms with van der Waals surface area (Å²) < 4.78 is 37.3. The first-order valence-electron chi connectivity index (χ1n) is 42.5. The fourth-order valence-electron chi connectivity index (χ4n) is 17.9. The van der Waals surface area contributed by atoms with E-state index >= 15 is 0 Å². The number of rotatable bonds is 2.